The number of furan rings is 1. The van der Waals surface area contributed by atoms with Gasteiger partial charge in [-0.25, -0.2) is 9.98 Å². The maximum Gasteiger partial charge on any atom is 0.169 e. The van der Waals surface area contributed by atoms with Gasteiger partial charge in [0.1, 0.15) is 22.8 Å². The van der Waals surface area contributed by atoms with Crippen LogP contribution in [0.2, 0.25) is 0 Å². The highest BCUT2D eigenvalue weighted by Gasteiger charge is 2.22. The van der Waals surface area contributed by atoms with E-state index in [4.69, 9.17) is 14.4 Å². The first kappa shape index (κ1) is 28.3. The molecule has 1 N–H and O–H groups in total. The zero-order valence-corrected chi connectivity index (χ0v) is 27.0. The van der Waals surface area contributed by atoms with Crippen molar-refractivity contribution in [1.82, 2.24) is 9.88 Å². The van der Waals surface area contributed by atoms with Crippen LogP contribution in [0.4, 0.5) is 0 Å². The second-order valence-electron chi connectivity index (χ2n) is 12.7. The zero-order valence-electron chi connectivity index (χ0n) is 27.0. The molecule has 7 aromatic carbocycles. The maximum absolute atomic E-state index is 6.11. The van der Waals surface area contributed by atoms with E-state index in [0.717, 1.165) is 72.6 Å². The Morgan fingerprint density at radius 1 is 0.440 bits per heavy atom. The predicted molar refractivity (Wildman–Crippen MR) is 205 cm³/mol. The van der Waals surface area contributed by atoms with Crippen LogP contribution in [0.25, 0.3) is 60.6 Å². The molecule has 0 radical (unpaired) electrons. The molecular formula is C45H30N4O. The maximum atomic E-state index is 6.11. The minimum atomic E-state index is -0.407. The highest BCUT2D eigenvalue weighted by Crippen LogP contribution is 2.38. The van der Waals surface area contributed by atoms with Crippen molar-refractivity contribution >= 4 is 55.4 Å². The SMILES string of the molecule is c1ccc(C2=NC(c3cccc(-n4c5ccccc5c5cc(-c6ccc7oc8ccccc8c7c6)ccc54)c3)N=C(c3ccccc3)N2)cc1. The molecule has 3 heterocycles. The molecular weight excluding hydrogens is 613 g/mol. The smallest absolute Gasteiger partial charge is 0.169 e. The van der Waals surface area contributed by atoms with Crippen LogP contribution in [-0.2, 0) is 0 Å². The van der Waals surface area contributed by atoms with Crippen LogP contribution in [0.3, 0.4) is 0 Å². The third-order valence-corrected chi connectivity index (χ3v) is 9.64. The van der Waals surface area contributed by atoms with E-state index >= 15 is 0 Å². The van der Waals surface area contributed by atoms with E-state index < -0.39 is 6.17 Å². The van der Waals surface area contributed by atoms with Crippen LogP contribution in [0, 0.1) is 0 Å². The number of hydrogen-bond acceptors (Lipinski definition) is 4. The Labute approximate surface area is 288 Å². The first-order valence-electron chi connectivity index (χ1n) is 16.9. The van der Waals surface area contributed by atoms with Crippen molar-refractivity contribution in [3.63, 3.8) is 0 Å². The van der Waals surface area contributed by atoms with Crippen molar-refractivity contribution in [3.8, 4) is 16.8 Å². The summed E-state index contributed by atoms with van der Waals surface area (Å²) in [4.78, 5) is 10.3. The number of amidine groups is 2. The largest absolute Gasteiger partial charge is 0.456 e. The third kappa shape index (κ3) is 4.71. The minimum Gasteiger partial charge on any atom is -0.456 e. The van der Waals surface area contributed by atoms with Crippen LogP contribution in [0.15, 0.2) is 184 Å². The number of hydrogen-bond donors (Lipinski definition) is 1. The normalized spacial score (nSPS) is 13.5. The molecule has 0 atom stereocenters. The van der Waals surface area contributed by atoms with Crippen LogP contribution in [0.1, 0.15) is 22.9 Å². The molecule has 0 spiro atoms. The summed E-state index contributed by atoms with van der Waals surface area (Å²) in [5.41, 5.74) is 10.6. The molecule has 1 aliphatic rings. The van der Waals surface area contributed by atoms with Gasteiger partial charge in [0.05, 0.1) is 11.0 Å². The van der Waals surface area contributed by atoms with Crippen molar-refractivity contribution in [2.45, 2.75) is 6.17 Å². The molecule has 0 saturated heterocycles. The standard InChI is InChI=1S/C45H30N4O/c1-3-12-29(13-4-1)43-46-44(30-14-5-2-6-15-30)48-45(47-43)33-16-11-17-34(26-33)49-39-20-9-7-18-35(39)37-27-31(22-24-40(37)49)32-23-25-42-38(28-32)36-19-8-10-21-41(36)50-42/h1-28,45H,(H,46,47,48). The molecule has 10 rings (SSSR count). The molecule has 0 saturated carbocycles. The number of para-hydroxylation sites is 2. The van der Waals surface area contributed by atoms with Gasteiger partial charge in [0.15, 0.2) is 6.17 Å². The third-order valence-electron chi connectivity index (χ3n) is 9.64. The van der Waals surface area contributed by atoms with Gasteiger partial charge in [0.2, 0.25) is 0 Å². The van der Waals surface area contributed by atoms with E-state index in [1.807, 2.05) is 48.5 Å². The van der Waals surface area contributed by atoms with Gasteiger partial charge in [0.25, 0.3) is 0 Å². The van der Waals surface area contributed by atoms with E-state index in [1.165, 1.54) is 16.3 Å². The van der Waals surface area contributed by atoms with Gasteiger partial charge in [-0.15, -0.1) is 0 Å². The summed E-state index contributed by atoms with van der Waals surface area (Å²) < 4.78 is 8.47. The summed E-state index contributed by atoms with van der Waals surface area (Å²) in [5.74, 6) is 1.61. The number of nitrogens with one attached hydrogen (secondary N) is 1. The molecule has 5 nitrogen and oxygen atoms in total. The highest BCUT2D eigenvalue weighted by atomic mass is 16.3. The molecule has 0 aliphatic carbocycles. The Morgan fingerprint density at radius 3 is 1.80 bits per heavy atom. The molecule has 236 valence electrons. The summed E-state index contributed by atoms with van der Waals surface area (Å²) in [7, 11) is 0. The van der Waals surface area contributed by atoms with Gasteiger partial charge in [0, 0.05) is 43.9 Å². The zero-order chi connectivity index (χ0) is 33.0. The molecule has 2 aromatic heterocycles. The van der Waals surface area contributed by atoms with Gasteiger partial charge < -0.3 is 14.3 Å². The van der Waals surface area contributed by atoms with Crippen molar-refractivity contribution in [2.24, 2.45) is 9.98 Å². The molecule has 0 unspecified atom stereocenters. The number of fused-ring (bicyclic) bond motifs is 6. The molecule has 50 heavy (non-hydrogen) atoms. The minimum absolute atomic E-state index is 0.407. The fourth-order valence-electron chi connectivity index (χ4n) is 7.25. The van der Waals surface area contributed by atoms with Crippen LogP contribution < -0.4 is 5.32 Å². The van der Waals surface area contributed by atoms with E-state index in [1.54, 1.807) is 0 Å². The highest BCUT2D eigenvalue weighted by molar-refractivity contribution is 6.16. The molecule has 0 bridgehead atoms. The first-order chi connectivity index (χ1) is 24.8. The van der Waals surface area contributed by atoms with Crippen molar-refractivity contribution < 1.29 is 4.42 Å². The van der Waals surface area contributed by atoms with Crippen LogP contribution in [0.5, 0.6) is 0 Å². The van der Waals surface area contributed by atoms with Gasteiger partial charge in [-0.1, -0.05) is 121 Å². The average molecular weight is 643 g/mol. The molecule has 1 aliphatic heterocycles. The number of nitrogens with zero attached hydrogens (tertiary/aromatic N) is 3. The average Bonchev–Trinajstić information content (AvgIpc) is 3.73. The van der Waals surface area contributed by atoms with Crippen LogP contribution >= 0.6 is 0 Å². The lowest BCUT2D eigenvalue weighted by molar-refractivity contribution is 0.669. The molecule has 5 heteroatoms. The van der Waals surface area contributed by atoms with E-state index in [2.05, 4.69) is 131 Å². The first-order valence-corrected chi connectivity index (χ1v) is 16.9. The summed E-state index contributed by atoms with van der Waals surface area (Å²) in [6.45, 7) is 0. The van der Waals surface area contributed by atoms with E-state index in [-0.39, 0.29) is 0 Å². The molecule has 0 amide bonds. The lowest BCUT2D eigenvalue weighted by Gasteiger charge is -2.22. The Balaban J connectivity index is 1.10. The fourth-order valence-corrected chi connectivity index (χ4v) is 7.25. The van der Waals surface area contributed by atoms with Gasteiger partial charge >= 0.3 is 0 Å². The topological polar surface area (TPSA) is 54.8 Å². The Hall–Kier alpha value is -6.72. The Kier molecular flexibility index (Phi) is 6.49. The summed E-state index contributed by atoms with van der Waals surface area (Å²) >= 11 is 0. The van der Waals surface area contributed by atoms with Gasteiger partial charge in [-0.3, -0.25) is 0 Å². The van der Waals surface area contributed by atoms with Crippen molar-refractivity contribution in [2.75, 3.05) is 0 Å². The molecule has 0 fully saturated rings. The predicted octanol–water partition coefficient (Wildman–Crippen LogP) is 10.8. The van der Waals surface area contributed by atoms with Crippen molar-refractivity contribution in [3.05, 3.63) is 187 Å². The Bertz CT molecular complexity index is 2740. The second kappa shape index (κ2) is 11.5. The monoisotopic (exact) mass is 642 g/mol. The summed E-state index contributed by atoms with van der Waals surface area (Å²) in [6, 6.07) is 59.3. The second-order valence-corrected chi connectivity index (χ2v) is 12.7. The summed E-state index contributed by atoms with van der Waals surface area (Å²) in [5, 5.41) is 8.18. The quantitative estimate of drug-likeness (QED) is 0.203. The molecule has 9 aromatic rings. The fraction of sp³-hybridized carbons (Fsp3) is 0.0222. The van der Waals surface area contributed by atoms with Gasteiger partial charge in [-0.2, -0.15) is 0 Å². The summed E-state index contributed by atoms with van der Waals surface area (Å²) in [6.07, 6.45) is -0.407. The number of benzene rings is 7. The lowest BCUT2D eigenvalue weighted by atomic mass is 10.0. The Morgan fingerprint density at radius 2 is 1.04 bits per heavy atom. The number of rotatable bonds is 5. The number of aromatic nitrogens is 1. The van der Waals surface area contributed by atoms with Gasteiger partial charge in [-0.05, 0) is 59.7 Å². The van der Waals surface area contributed by atoms with E-state index in [0.29, 0.717) is 0 Å². The number of aliphatic imine (C=N–C) groups is 2. The lowest BCUT2D eigenvalue weighted by Crippen LogP contribution is -2.36. The van der Waals surface area contributed by atoms with Crippen LogP contribution in [-0.4, -0.2) is 16.2 Å². The van der Waals surface area contributed by atoms with E-state index in [9.17, 15) is 0 Å². The van der Waals surface area contributed by atoms with Crippen molar-refractivity contribution in [1.29, 1.82) is 0 Å².